The van der Waals surface area contributed by atoms with Gasteiger partial charge in [0, 0.05) is 0 Å². The lowest BCUT2D eigenvalue weighted by Gasteiger charge is -2.25. The van der Waals surface area contributed by atoms with E-state index in [0.717, 1.165) is 11.0 Å². The number of nitro benzene ring substituents is 1. The quantitative estimate of drug-likeness (QED) is 0.267. The fourth-order valence-corrected chi connectivity index (χ4v) is 3.18. The van der Waals surface area contributed by atoms with Gasteiger partial charge in [0.05, 0.1) is 23.8 Å². The molecule has 176 valence electrons. The van der Waals surface area contributed by atoms with Gasteiger partial charge in [-0.15, -0.1) is 0 Å². The highest BCUT2D eigenvalue weighted by molar-refractivity contribution is 5.94. The molecular weight excluding hydrogens is 445 g/mol. The highest BCUT2D eigenvalue weighted by Crippen LogP contribution is 2.43. The molecule has 0 aromatic heterocycles. The second-order valence-corrected chi connectivity index (χ2v) is 6.93. The van der Waals surface area contributed by atoms with Gasteiger partial charge in [-0.25, -0.2) is 9.18 Å². The summed E-state index contributed by atoms with van der Waals surface area (Å²) in [6.07, 6.45) is -2.37. The zero-order chi connectivity index (χ0) is 26.2. The standard InChI is InChI=1S/C24H22FN3O6/c1-2-33-23-21(13-12-20(26-16-29)22(23)28(31)32)27(14-17-8-10-19(25)11-9-17)24(30)34-15-18-6-4-3-5-7-18/h3-13,16H,2,14-15H2,1H3,(H,26,29)/i16D/hD. The van der Waals surface area contributed by atoms with E-state index in [9.17, 15) is 24.1 Å². The third-order valence-electron chi connectivity index (χ3n) is 4.70. The Labute approximate surface area is 197 Å². The molecule has 0 saturated carbocycles. The zero-order valence-corrected chi connectivity index (χ0v) is 18.1. The number of nitrogens with zero attached hydrogens (tertiary/aromatic N) is 2. The average molecular weight is 469 g/mol. The third-order valence-corrected chi connectivity index (χ3v) is 4.70. The molecule has 10 heteroatoms. The van der Waals surface area contributed by atoms with Crippen molar-refractivity contribution in [2.45, 2.75) is 20.1 Å². The van der Waals surface area contributed by atoms with E-state index in [1.807, 2.05) is 0 Å². The van der Waals surface area contributed by atoms with Crippen molar-refractivity contribution in [3.05, 3.63) is 93.8 Å². The van der Waals surface area contributed by atoms with E-state index in [0.29, 0.717) is 11.1 Å². The van der Waals surface area contributed by atoms with Crippen molar-refractivity contribution in [2.24, 2.45) is 0 Å². The molecule has 0 aliphatic carbocycles. The fraction of sp³-hybridized carbons (Fsp3) is 0.167. The third kappa shape index (κ3) is 5.85. The molecule has 0 fully saturated rings. The summed E-state index contributed by atoms with van der Waals surface area (Å²) in [7, 11) is 0. The van der Waals surface area contributed by atoms with E-state index in [1.165, 1.54) is 30.3 Å². The molecule has 0 aliphatic heterocycles. The zero-order valence-electron chi connectivity index (χ0n) is 20.1. The van der Waals surface area contributed by atoms with Crippen molar-refractivity contribution < 1.29 is 31.2 Å². The van der Waals surface area contributed by atoms with Gasteiger partial charge in [-0.1, -0.05) is 42.5 Å². The predicted octanol–water partition coefficient (Wildman–Crippen LogP) is 5.04. The Balaban J connectivity index is 2.10. The Morgan fingerprint density at radius 3 is 2.50 bits per heavy atom. The van der Waals surface area contributed by atoms with Crippen LogP contribution in [0.4, 0.5) is 26.2 Å². The van der Waals surface area contributed by atoms with Crippen molar-refractivity contribution in [1.29, 1.82) is 0 Å². The van der Waals surface area contributed by atoms with Gasteiger partial charge < -0.3 is 14.8 Å². The van der Waals surface area contributed by atoms with E-state index < -0.39 is 40.3 Å². The number of amides is 2. The van der Waals surface area contributed by atoms with E-state index in [2.05, 4.69) is 0 Å². The highest BCUT2D eigenvalue weighted by Gasteiger charge is 2.30. The number of carbonyl (C=O) groups excluding carboxylic acids is 2. The number of anilines is 2. The number of nitrogens with one attached hydrogen (secondary N) is 1. The van der Waals surface area contributed by atoms with Crippen LogP contribution in [0.3, 0.4) is 0 Å². The van der Waals surface area contributed by atoms with Gasteiger partial charge >= 0.3 is 11.8 Å². The van der Waals surface area contributed by atoms with Crippen LogP contribution in [0.5, 0.6) is 5.75 Å². The first kappa shape index (κ1) is 21.4. The molecule has 0 atom stereocenters. The summed E-state index contributed by atoms with van der Waals surface area (Å²) in [6.45, 7) is 1.27. The highest BCUT2D eigenvalue weighted by atomic mass is 19.1. The lowest BCUT2D eigenvalue weighted by molar-refractivity contribution is -0.384. The number of ether oxygens (including phenoxy) is 2. The summed E-state index contributed by atoms with van der Waals surface area (Å²) in [5.41, 5.74) is -0.152. The molecule has 0 saturated heterocycles. The van der Waals surface area contributed by atoms with Gasteiger partial charge in [-0.2, -0.15) is 0 Å². The second-order valence-electron chi connectivity index (χ2n) is 6.93. The second kappa shape index (κ2) is 11.4. The van der Waals surface area contributed by atoms with Crippen molar-refractivity contribution in [1.82, 2.24) is 0 Å². The number of benzene rings is 3. The molecule has 3 aromatic rings. The van der Waals surface area contributed by atoms with Crippen LogP contribution >= 0.6 is 0 Å². The Bertz CT molecular complexity index is 1240. The smallest absolute Gasteiger partial charge is 0.415 e. The number of rotatable bonds is 9. The number of halogens is 1. The molecule has 0 unspecified atom stereocenters. The molecule has 0 radical (unpaired) electrons. The maximum atomic E-state index is 13.4. The first-order valence-corrected chi connectivity index (χ1v) is 10.2. The minimum Gasteiger partial charge on any atom is -0.486 e. The van der Waals surface area contributed by atoms with Gasteiger partial charge in [0.15, 0.2) is 1.41 Å². The number of hydrogen-bond acceptors (Lipinski definition) is 6. The van der Waals surface area contributed by atoms with Gasteiger partial charge in [0.2, 0.25) is 12.1 Å². The van der Waals surface area contributed by atoms with Crippen molar-refractivity contribution >= 4 is 29.5 Å². The molecule has 3 aromatic carbocycles. The van der Waals surface area contributed by atoms with Crippen LogP contribution < -0.4 is 14.9 Å². The van der Waals surface area contributed by atoms with Crippen LogP contribution in [0.15, 0.2) is 66.7 Å². The number of hydrogen-bond donors (Lipinski definition) is 1. The fourth-order valence-electron chi connectivity index (χ4n) is 3.18. The molecule has 0 heterocycles. The molecule has 3 rings (SSSR count). The summed E-state index contributed by atoms with van der Waals surface area (Å²) in [6, 6.07) is 16.5. The monoisotopic (exact) mass is 469 g/mol. The van der Waals surface area contributed by atoms with Crippen LogP contribution in [0.1, 0.15) is 19.4 Å². The molecule has 9 nitrogen and oxygen atoms in total. The maximum Gasteiger partial charge on any atom is 0.415 e. The summed E-state index contributed by atoms with van der Waals surface area (Å²) in [4.78, 5) is 36.8. The Kier molecular flexibility index (Phi) is 7.18. The first-order chi connectivity index (χ1) is 17.2. The van der Waals surface area contributed by atoms with Crippen LogP contribution in [0.2, 0.25) is 1.41 Å². The van der Waals surface area contributed by atoms with Crippen LogP contribution in [-0.2, 0) is 22.7 Å². The predicted molar refractivity (Wildman–Crippen MR) is 123 cm³/mol. The summed E-state index contributed by atoms with van der Waals surface area (Å²) < 4.78 is 39.3. The lowest BCUT2D eigenvalue weighted by Crippen LogP contribution is -2.31. The topological polar surface area (TPSA) is 111 Å². The Morgan fingerprint density at radius 2 is 1.88 bits per heavy atom. The molecule has 0 bridgehead atoms. The largest absolute Gasteiger partial charge is 0.486 e. The summed E-state index contributed by atoms with van der Waals surface area (Å²) >= 11 is 0. The van der Waals surface area contributed by atoms with Crippen LogP contribution in [0.25, 0.3) is 0 Å². The first-order valence-electron chi connectivity index (χ1n) is 11.1. The minimum atomic E-state index is -1.50. The summed E-state index contributed by atoms with van der Waals surface area (Å²) in [5, 5.41) is 12.0. The average Bonchev–Trinajstić information content (AvgIpc) is 2.87. The van der Waals surface area contributed by atoms with Gasteiger partial charge in [-0.05, 0) is 42.3 Å². The van der Waals surface area contributed by atoms with E-state index in [-0.39, 0.29) is 30.8 Å². The lowest BCUT2D eigenvalue weighted by atomic mass is 10.1. The van der Waals surface area contributed by atoms with Crippen LogP contribution in [0, 0.1) is 15.9 Å². The normalized spacial score (nSPS) is 11.1. The number of carbonyl (C=O) groups is 2. The van der Waals surface area contributed by atoms with E-state index >= 15 is 0 Å². The molecular formula is C24H22FN3O6. The van der Waals surface area contributed by atoms with Crippen LogP contribution in [-0.4, -0.2) is 24.0 Å². The Hall–Kier alpha value is -4.47. The van der Waals surface area contributed by atoms with Crippen molar-refractivity contribution in [3.63, 3.8) is 0 Å². The summed E-state index contributed by atoms with van der Waals surface area (Å²) in [5.74, 6) is -0.875. The maximum absolute atomic E-state index is 13.4. The molecule has 2 amide bonds. The van der Waals surface area contributed by atoms with Crippen molar-refractivity contribution in [3.8, 4) is 5.75 Å². The van der Waals surface area contributed by atoms with Gasteiger partial charge in [0.25, 0.3) is 0 Å². The van der Waals surface area contributed by atoms with E-state index in [1.54, 1.807) is 37.3 Å². The molecule has 0 aliphatic rings. The SMILES string of the molecule is [2H]C(=O)N([2H])c1ccc(N(Cc2ccc(F)cc2)C(=O)OCc2ccccc2)c(OCC)c1[N+](=O)[O-]. The Morgan fingerprint density at radius 1 is 1.18 bits per heavy atom. The van der Waals surface area contributed by atoms with Gasteiger partial charge in [-0.3, -0.25) is 19.8 Å². The van der Waals surface area contributed by atoms with Gasteiger partial charge in [0.1, 0.15) is 19.5 Å². The van der Waals surface area contributed by atoms with Crippen molar-refractivity contribution in [2.75, 3.05) is 16.8 Å². The molecule has 34 heavy (non-hydrogen) atoms. The minimum absolute atomic E-state index is 0.0441. The molecule has 1 N–H and O–H groups in total. The molecule has 0 spiro atoms. The number of nitro groups is 1. The van der Waals surface area contributed by atoms with E-state index in [4.69, 9.17) is 12.3 Å².